The largest absolute Gasteiger partial charge is 0.296 e. The van der Waals surface area contributed by atoms with E-state index in [0.29, 0.717) is 17.1 Å². The van der Waals surface area contributed by atoms with E-state index >= 15 is 0 Å². The maximum atomic E-state index is 9.03. The van der Waals surface area contributed by atoms with Gasteiger partial charge in [0.1, 0.15) is 6.07 Å². The van der Waals surface area contributed by atoms with Gasteiger partial charge in [-0.05, 0) is 37.1 Å². The summed E-state index contributed by atoms with van der Waals surface area (Å²) in [5.74, 6) is 0. The van der Waals surface area contributed by atoms with Crippen molar-refractivity contribution in [1.29, 1.82) is 5.26 Å². The maximum Gasteiger partial charge on any atom is 0.101 e. The Bertz CT molecular complexity index is 1030. The van der Waals surface area contributed by atoms with Crippen LogP contribution in [0.5, 0.6) is 0 Å². The first kappa shape index (κ1) is 17.8. The Kier molecular flexibility index (Phi) is 5.15. The second-order valence-corrected chi connectivity index (χ2v) is 6.43. The summed E-state index contributed by atoms with van der Waals surface area (Å²) < 4.78 is 1.93. The summed E-state index contributed by atoms with van der Waals surface area (Å²) in [5.41, 5.74) is 6.43. The molecule has 0 aliphatic carbocycles. The van der Waals surface area contributed by atoms with E-state index in [1.807, 2.05) is 42.8 Å². The molecular weight excluding hydrogens is 346 g/mol. The fraction of sp³-hybridized carbons (Fsp3) is 0.200. The van der Waals surface area contributed by atoms with E-state index in [4.69, 9.17) is 16.9 Å². The molecule has 2 heterocycles. The van der Waals surface area contributed by atoms with Crippen LogP contribution in [0.15, 0.2) is 41.7 Å². The predicted octanol–water partition coefficient (Wildman–Crippen LogP) is 4.18. The van der Waals surface area contributed by atoms with E-state index in [1.165, 1.54) is 0 Å². The van der Waals surface area contributed by atoms with E-state index in [2.05, 4.69) is 21.1 Å². The van der Waals surface area contributed by atoms with E-state index in [-0.39, 0.29) is 0 Å². The zero-order valence-electron chi connectivity index (χ0n) is 14.9. The van der Waals surface area contributed by atoms with Crippen LogP contribution < -0.4 is 0 Å². The second-order valence-electron chi connectivity index (χ2n) is 6.02. The average molecular weight is 364 g/mol. The standard InChI is InChI=1S/C20H18ClN5/c1-13-20(17-4-5-18(11-23-3)19(21)7-17)14(2)26(25-13)12-16-6-15(8-22)9-24-10-16/h4-7,9-11H,12H2,1-3H3. The number of halogens is 1. The molecular formula is C20H18ClN5. The summed E-state index contributed by atoms with van der Waals surface area (Å²) in [6.07, 6.45) is 5.05. The highest BCUT2D eigenvalue weighted by Crippen LogP contribution is 2.30. The molecule has 0 bridgehead atoms. The van der Waals surface area contributed by atoms with Gasteiger partial charge in [0.25, 0.3) is 0 Å². The van der Waals surface area contributed by atoms with Crippen LogP contribution >= 0.6 is 11.6 Å². The molecule has 0 spiro atoms. The number of benzene rings is 1. The first-order chi connectivity index (χ1) is 12.5. The number of hydrogen-bond donors (Lipinski definition) is 0. The molecule has 0 aliphatic heterocycles. The third-order valence-electron chi connectivity index (χ3n) is 4.20. The smallest absolute Gasteiger partial charge is 0.101 e. The van der Waals surface area contributed by atoms with Crippen molar-refractivity contribution in [1.82, 2.24) is 14.8 Å². The second kappa shape index (κ2) is 7.51. The molecule has 5 nitrogen and oxygen atoms in total. The van der Waals surface area contributed by atoms with Gasteiger partial charge in [-0.25, -0.2) is 0 Å². The Morgan fingerprint density at radius 2 is 2.08 bits per heavy atom. The molecule has 3 rings (SSSR count). The van der Waals surface area contributed by atoms with Crippen molar-refractivity contribution < 1.29 is 0 Å². The van der Waals surface area contributed by atoms with Crippen LogP contribution in [0.1, 0.15) is 28.1 Å². The van der Waals surface area contributed by atoms with Gasteiger partial charge >= 0.3 is 0 Å². The van der Waals surface area contributed by atoms with E-state index in [1.54, 1.807) is 25.7 Å². The summed E-state index contributed by atoms with van der Waals surface area (Å²) in [6.45, 7) is 4.58. The van der Waals surface area contributed by atoms with Gasteiger partial charge in [0, 0.05) is 47.5 Å². The maximum absolute atomic E-state index is 9.03. The van der Waals surface area contributed by atoms with Crippen LogP contribution in [-0.4, -0.2) is 28.0 Å². The number of nitrogens with zero attached hydrogens (tertiary/aromatic N) is 5. The summed E-state index contributed by atoms with van der Waals surface area (Å²) >= 11 is 6.38. The Hall–Kier alpha value is -2.97. The fourth-order valence-corrected chi connectivity index (χ4v) is 3.23. The summed E-state index contributed by atoms with van der Waals surface area (Å²) in [4.78, 5) is 8.13. The molecule has 2 aromatic heterocycles. The van der Waals surface area contributed by atoms with Gasteiger partial charge in [-0.2, -0.15) is 10.4 Å². The fourth-order valence-electron chi connectivity index (χ4n) is 3.00. The Morgan fingerprint density at radius 1 is 1.27 bits per heavy atom. The van der Waals surface area contributed by atoms with Gasteiger partial charge in [0.2, 0.25) is 0 Å². The highest BCUT2D eigenvalue weighted by Gasteiger charge is 2.15. The van der Waals surface area contributed by atoms with Crippen LogP contribution in [0, 0.1) is 25.2 Å². The molecule has 0 N–H and O–H groups in total. The molecule has 0 atom stereocenters. The summed E-state index contributed by atoms with van der Waals surface area (Å²) in [6, 6.07) is 9.88. The molecule has 1 aromatic carbocycles. The first-order valence-electron chi connectivity index (χ1n) is 8.13. The van der Waals surface area contributed by atoms with Crippen molar-refractivity contribution in [3.05, 3.63) is 69.8 Å². The summed E-state index contributed by atoms with van der Waals surface area (Å²) in [5, 5.41) is 14.4. The lowest BCUT2D eigenvalue weighted by Crippen LogP contribution is -2.04. The van der Waals surface area contributed by atoms with Crippen molar-refractivity contribution in [2.45, 2.75) is 20.4 Å². The minimum Gasteiger partial charge on any atom is -0.296 e. The first-order valence-corrected chi connectivity index (χ1v) is 8.51. The number of hydrogen-bond acceptors (Lipinski definition) is 4. The van der Waals surface area contributed by atoms with Crippen molar-refractivity contribution in [3.8, 4) is 17.2 Å². The lowest BCUT2D eigenvalue weighted by Gasteiger charge is -2.07. The van der Waals surface area contributed by atoms with Gasteiger partial charge in [-0.1, -0.05) is 23.7 Å². The zero-order valence-corrected chi connectivity index (χ0v) is 15.6. The van der Waals surface area contributed by atoms with Crippen molar-refractivity contribution in [2.24, 2.45) is 4.99 Å². The molecule has 0 amide bonds. The monoisotopic (exact) mass is 363 g/mol. The molecule has 0 saturated heterocycles. The highest BCUT2D eigenvalue weighted by molar-refractivity contribution is 6.33. The lowest BCUT2D eigenvalue weighted by molar-refractivity contribution is 0.657. The molecule has 0 fully saturated rings. The molecule has 3 aromatic rings. The SMILES string of the molecule is CN=Cc1ccc(-c2c(C)nn(Cc3cncc(C#N)c3)c2C)cc1Cl. The normalized spacial score (nSPS) is 11.0. The van der Waals surface area contributed by atoms with Crippen molar-refractivity contribution in [2.75, 3.05) is 7.05 Å². The molecule has 0 radical (unpaired) electrons. The third-order valence-corrected chi connectivity index (χ3v) is 4.52. The average Bonchev–Trinajstić information content (AvgIpc) is 2.90. The van der Waals surface area contributed by atoms with E-state index in [9.17, 15) is 0 Å². The van der Waals surface area contributed by atoms with Crippen LogP contribution in [-0.2, 0) is 6.54 Å². The minimum atomic E-state index is 0.546. The predicted molar refractivity (Wildman–Crippen MR) is 104 cm³/mol. The van der Waals surface area contributed by atoms with Gasteiger partial charge in [-0.3, -0.25) is 14.7 Å². The van der Waals surface area contributed by atoms with Crippen LogP contribution in [0.25, 0.3) is 11.1 Å². The molecule has 130 valence electrons. The third kappa shape index (κ3) is 3.51. The van der Waals surface area contributed by atoms with E-state index < -0.39 is 0 Å². The number of nitriles is 1. The number of rotatable bonds is 4. The molecule has 26 heavy (non-hydrogen) atoms. The topological polar surface area (TPSA) is 66.9 Å². The van der Waals surface area contributed by atoms with Gasteiger partial charge < -0.3 is 0 Å². The van der Waals surface area contributed by atoms with Crippen LogP contribution in [0.2, 0.25) is 5.02 Å². The summed E-state index contributed by atoms with van der Waals surface area (Å²) in [7, 11) is 1.72. The number of aliphatic imine (C=N–C) groups is 1. The number of pyridine rings is 1. The Balaban J connectivity index is 1.98. The minimum absolute atomic E-state index is 0.546. The molecule has 6 heteroatoms. The lowest BCUT2D eigenvalue weighted by atomic mass is 10.0. The Morgan fingerprint density at radius 3 is 2.77 bits per heavy atom. The molecule has 0 saturated carbocycles. The molecule has 0 aliphatic rings. The van der Waals surface area contributed by atoms with Gasteiger partial charge in [0.05, 0.1) is 17.8 Å². The van der Waals surface area contributed by atoms with Crippen molar-refractivity contribution in [3.63, 3.8) is 0 Å². The quantitative estimate of drug-likeness (QED) is 0.653. The number of aryl methyl sites for hydroxylation is 1. The van der Waals surface area contributed by atoms with Crippen molar-refractivity contribution >= 4 is 17.8 Å². The van der Waals surface area contributed by atoms with Gasteiger partial charge in [-0.15, -0.1) is 0 Å². The van der Waals surface area contributed by atoms with Crippen LogP contribution in [0.4, 0.5) is 0 Å². The zero-order chi connectivity index (χ0) is 18.7. The Labute approximate surface area is 157 Å². The van der Waals surface area contributed by atoms with E-state index in [0.717, 1.165) is 33.6 Å². The van der Waals surface area contributed by atoms with Gasteiger partial charge in [0.15, 0.2) is 0 Å². The highest BCUT2D eigenvalue weighted by atomic mass is 35.5. The molecule has 0 unspecified atom stereocenters. The number of aromatic nitrogens is 3. The van der Waals surface area contributed by atoms with Crippen LogP contribution in [0.3, 0.4) is 0 Å².